The molecule has 0 saturated carbocycles. The SMILES string of the molecule is C=Cc1c(C=C)c(-c2ccc(S(C)(C)CC)c3ccccc23)c2ccccc2c1-c1ccc(-c2ccccc2)cc1. The molecule has 0 fully saturated rings. The maximum Gasteiger partial charge on any atom is -0.00203 e. The molecule has 0 heterocycles. The van der Waals surface area contributed by atoms with Gasteiger partial charge in [-0.25, -0.2) is 10.0 Å². The van der Waals surface area contributed by atoms with Crippen molar-refractivity contribution < 1.29 is 0 Å². The molecule has 0 N–H and O–H groups in total. The molecule has 0 atom stereocenters. The van der Waals surface area contributed by atoms with Crippen LogP contribution in [0.5, 0.6) is 0 Å². The fourth-order valence-corrected chi connectivity index (χ4v) is 7.61. The summed E-state index contributed by atoms with van der Waals surface area (Å²) < 4.78 is 0. The van der Waals surface area contributed by atoms with Crippen LogP contribution in [0.2, 0.25) is 0 Å². The summed E-state index contributed by atoms with van der Waals surface area (Å²) in [7, 11) is -0.898. The zero-order valence-electron chi connectivity index (χ0n) is 24.2. The van der Waals surface area contributed by atoms with Gasteiger partial charge < -0.3 is 0 Å². The van der Waals surface area contributed by atoms with E-state index in [1.54, 1.807) is 0 Å². The summed E-state index contributed by atoms with van der Waals surface area (Å²) in [5.74, 6) is 1.16. The summed E-state index contributed by atoms with van der Waals surface area (Å²) in [6, 6.07) is 41.9. The van der Waals surface area contributed by atoms with Gasteiger partial charge in [0.2, 0.25) is 0 Å². The van der Waals surface area contributed by atoms with Crippen molar-refractivity contribution in [2.75, 3.05) is 18.3 Å². The van der Waals surface area contributed by atoms with Gasteiger partial charge in [-0.2, -0.15) is 0 Å². The molecule has 0 aliphatic heterocycles. The highest BCUT2D eigenvalue weighted by Crippen LogP contribution is 2.53. The summed E-state index contributed by atoms with van der Waals surface area (Å²) in [5.41, 5.74) is 9.53. The normalized spacial score (nSPS) is 12.0. The molecule has 202 valence electrons. The first-order valence-corrected chi connectivity index (χ1v) is 16.8. The molecular weight excluding hydrogens is 513 g/mol. The minimum atomic E-state index is -0.898. The second-order valence-electron chi connectivity index (χ2n) is 11.0. The van der Waals surface area contributed by atoms with Gasteiger partial charge in [0.05, 0.1) is 0 Å². The van der Waals surface area contributed by atoms with E-state index in [2.05, 4.69) is 148 Å². The van der Waals surface area contributed by atoms with Gasteiger partial charge in [0.25, 0.3) is 0 Å². The van der Waals surface area contributed by atoms with Crippen LogP contribution in [0.3, 0.4) is 0 Å². The van der Waals surface area contributed by atoms with Crippen LogP contribution in [-0.4, -0.2) is 18.3 Å². The molecule has 0 aliphatic carbocycles. The third-order valence-corrected chi connectivity index (χ3v) is 11.4. The Kier molecular flexibility index (Phi) is 7.15. The van der Waals surface area contributed by atoms with Crippen LogP contribution in [0.4, 0.5) is 0 Å². The van der Waals surface area contributed by atoms with E-state index >= 15 is 0 Å². The maximum absolute atomic E-state index is 4.33. The van der Waals surface area contributed by atoms with E-state index in [4.69, 9.17) is 0 Å². The van der Waals surface area contributed by atoms with Crippen LogP contribution in [0.25, 0.3) is 67.1 Å². The van der Waals surface area contributed by atoms with Gasteiger partial charge in [0.1, 0.15) is 0 Å². The van der Waals surface area contributed by atoms with E-state index in [0.29, 0.717) is 0 Å². The van der Waals surface area contributed by atoms with Gasteiger partial charge in [0, 0.05) is 0 Å². The first-order valence-electron chi connectivity index (χ1n) is 14.2. The van der Waals surface area contributed by atoms with Crippen molar-refractivity contribution in [3.8, 4) is 33.4 Å². The Hall–Kier alpha value is -4.33. The second-order valence-corrected chi connectivity index (χ2v) is 15.1. The van der Waals surface area contributed by atoms with Crippen LogP contribution >= 0.6 is 10.0 Å². The highest BCUT2D eigenvalue weighted by Gasteiger charge is 2.22. The Morgan fingerprint density at radius 3 is 1.61 bits per heavy atom. The molecule has 0 spiro atoms. The highest BCUT2D eigenvalue weighted by atomic mass is 32.3. The fraction of sp³-hybridized carbons (Fsp3) is 0.100. The Labute approximate surface area is 246 Å². The smallest absolute Gasteiger partial charge is 0.00203 e. The largest absolute Gasteiger partial charge is 0.220 e. The molecule has 0 nitrogen and oxygen atoms in total. The van der Waals surface area contributed by atoms with Crippen LogP contribution in [0.1, 0.15) is 18.1 Å². The van der Waals surface area contributed by atoms with Crippen molar-refractivity contribution >= 4 is 43.7 Å². The number of hydrogen-bond acceptors (Lipinski definition) is 0. The lowest BCUT2D eigenvalue weighted by molar-refractivity contribution is 1.42. The van der Waals surface area contributed by atoms with Crippen LogP contribution in [0, 0.1) is 0 Å². The Balaban J connectivity index is 1.65. The highest BCUT2D eigenvalue weighted by molar-refractivity contribution is 8.32. The van der Waals surface area contributed by atoms with Crippen molar-refractivity contribution in [2.45, 2.75) is 11.8 Å². The molecule has 6 aromatic carbocycles. The molecule has 6 aromatic rings. The van der Waals surface area contributed by atoms with Gasteiger partial charge in [-0.15, -0.1) is 0 Å². The lowest BCUT2D eigenvalue weighted by Crippen LogP contribution is -2.01. The zero-order chi connectivity index (χ0) is 28.6. The number of benzene rings is 6. The minimum absolute atomic E-state index is 0.898. The number of fused-ring (bicyclic) bond motifs is 2. The van der Waals surface area contributed by atoms with Crippen LogP contribution < -0.4 is 0 Å². The zero-order valence-corrected chi connectivity index (χ0v) is 25.0. The van der Waals surface area contributed by atoms with Crippen molar-refractivity contribution in [1.29, 1.82) is 0 Å². The monoisotopic (exact) mass is 548 g/mol. The van der Waals surface area contributed by atoms with Gasteiger partial charge in [0.15, 0.2) is 0 Å². The van der Waals surface area contributed by atoms with Crippen molar-refractivity contribution in [2.24, 2.45) is 0 Å². The Bertz CT molecular complexity index is 1910. The summed E-state index contributed by atoms with van der Waals surface area (Å²) in [6.45, 7) is 10.9. The summed E-state index contributed by atoms with van der Waals surface area (Å²) in [6.07, 6.45) is 8.87. The van der Waals surface area contributed by atoms with Crippen molar-refractivity contribution in [3.63, 3.8) is 0 Å². The fourth-order valence-electron chi connectivity index (χ4n) is 6.09. The average Bonchev–Trinajstić information content (AvgIpc) is 3.03. The third kappa shape index (κ3) is 4.61. The Morgan fingerprint density at radius 1 is 0.512 bits per heavy atom. The first kappa shape index (κ1) is 26.9. The van der Waals surface area contributed by atoms with E-state index in [9.17, 15) is 0 Å². The van der Waals surface area contributed by atoms with Gasteiger partial charge in [-0.05, 0) is 95.3 Å². The summed E-state index contributed by atoms with van der Waals surface area (Å²) in [4.78, 5) is 1.47. The molecule has 0 aromatic heterocycles. The lowest BCUT2D eigenvalue weighted by atomic mass is 9.82. The minimum Gasteiger partial charge on any atom is -0.220 e. The van der Waals surface area contributed by atoms with Crippen LogP contribution in [-0.2, 0) is 0 Å². The first-order chi connectivity index (χ1) is 20.0. The molecular formula is C40H36S. The second kappa shape index (κ2) is 10.9. The lowest BCUT2D eigenvalue weighted by Gasteiger charge is -2.32. The predicted octanol–water partition coefficient (Wildman–Crippen LogP) is 11.7. The van der Waals surface area contributed by atoms with Gasteiger partial charge in [-0.3, -0.25) is 0 Å². The topological polar surface area (TPSA) is 0 Å². The quantitative estimate of drug-likeness (QED) is 0.186. The standard InChI is InChI=1S/C40H36S/c1-6-31-32(7-2)40(37-26-27-38(41(4,5)8-3)34-19-13-12-18-33(34)37)36-21-15-14-20-35(36)39(31)30-24-22-29(23-25-30)28-16-10-9-11-17-28/h6-7,9-27H,1-2,8H2,3-5H3. The van der Waals surface area contributed by atoms with E-state index in [0.717, 1.165) is 16.9 Å². The molecule has 41 heavy (non-hydrogen) atoms. The third-order valence-electron chi connectivity index (χ3n) is 8.45. The van der Waals surface area contributed by atoms with E-state index in [1.165, 1.54) is 59.8 Å². The molecule has 0 amide bonds. The number of hydrogen-bond donors (Lipinski definition) is 0. The maximum atomic E-state index is 4.33. The summed E-state index contributed by atoms with van der Waals surface area (Å²) >= 11 is 0. The predicted molar refractivity (Wildman–Crippen MR) is 186 cm³/mol. The number of rotatable bonds is 7. The van der Waals surface area contributed by atoms with E-state index in [-0.39, 0.29) is 0 Å². The molecule has 0 bridgehead atoms. The van der Waals surface area contributed by atoms with Crippen molar-refractivity contribution in [3.05, 3.63) is 140 Å². The summed E-state index contributed by atoms with van der Waals surface area (Å²) in [5, 5.41) is 5.10. The molecule has 0 unspecified atom stereocenters. The molecule has 0 aliphatic rings. The van der Waals surface area contributed by atoms with Crippen LogP contribution in [0.15, 0.2) is 133 Å². The van der Waals surface area contributed by atoms with Crippen molar-refractivity contribution in [1.82, 2.24) is 0 Å². The van der Waals surface area contributed by atoms with E-state index in [1.807, 2.05) is 12.2 Å². The molecule has 1 heteroatoms. The molecule has 0 radical (unpaired) electrons. The average molecular weight is 549 g/mol. The van der Waals surface area contributed by atoms with E-state index < -0.39 is 10.0 Å². The Morgan fingerprint density at radius 2 is 1.00 bits per heavy atom. The molecule has 6 rings (SSSR count). The van der Waals surface area contributed by atoms with Gasteiger partial charge in [-0.1, -0.05) is 141 Å². The molecule has 0 saturated heterocycles. The van der Waals surface area contributed by atoms with Gasteiger partial charge >= 0.3 is 0 Å².